The van der Waals surface area contributed by atoms with Crippen LogP contribution in [-0.4, -0.2) is 40.0 Å². The second-order valence-electron chi connectivity index (χ2n) is 7.80. The normalized spacial score (nSPS) is 11.2. The molecule has 0 spiro atoms. The van der Waals surface area contributed by atoms with Gasteiger partial charge in [0.15, 0.2) is 16.8 Å². The smallest absolute Gasteiger partial charge is 0.196 e. The lowest BCUT2D eigenvalue weighted by Crippen LogP contribution is -2.07. The van der Waals surface area contributed by atoms with Crippen LogP contribution in [0, 0.1) is 20.8 Å². The summed E-state index contributed by atoms with van der Waals surface area (Å²) in [5.41, 5.74) is 5.98. The van der Waals surface area contributed by atoms with Crippen LogP contribution >= 0.6 is 23.4 Å². The third-order valence-electron chi connectivity index (χ3n) is 5.57. The summed E-state index contributed by atoms with van der Waals surface area (Å²) in [7, 11) is 0. The highest BCUT2D eigenvalue weighted by molar-refractivity contribution is 7.98. The largest absolute Gasteiger partial charge is 0.270 e. The van der Waals surface area contributed by atoms with Crippen LogP contribution in [0.4, 0.5) is 0 Å². The maximum absolute atomic E-state index is 6.46. The molecule has 0 aliphatic rings. The lowest BCUT2D eigenvalue weighted by Gasteiger charge is -2.14. The number of hydrogen-bond donors (Lipinski definition) is 0. The van der Waals surface area contributed by atoms with Gasteiger partial charge in [0.05, 0.1) is 17.1 Å². The molecule has 0 radical (unpaired) electrons. The van der Waals surface area contributed by atoms with Gasteiger partial charge < -0.3 is 0 Å². The van der Waals surface area contributed by atoms with Crippen LogP contribution in [0.25, 0.3) is 22.8 Å². The molecule has 0 fully saturated rings. The quantitative estimate of drug-likeness (QED) is 0.304. The zero-order valence-corrected chi connectivity index (χ0v) is 20.4. The Hall–Kier alpha value is -3.56. The van der Waals surface area contributed by atoms with Crippen LogP contribution in [0.15, 0.2) is 66.1 Å². The van der Waals surface area contributed by atoms with Crippen molar-refractivity contribution >= 4 is 23.4 Å². The number of aromatic nitrogens is 8. The van der Waals surface area contributed by atoms with Crippen LogP contribution in [-0.2, 0) is 5.75 Å². The van der Waals surface area contributed by atoms with Crippen LogP contribution < -0.4 is 0 Å². The Kier molecular flexibility index (Phi) is 6.12. The minimum Gasteiger partial charge on any atom is -0.270 e. The standard InChI is InChI=1S/C24H21ClN8S/c1-15-6-4-7-16(2)22(15)33-21(27-30-31-33)14-34-24-29-28-23(18-10-12-26-13-11-18)32(24)20-9-5-8-19(25)17(20)3/h4-13H,14H2,1-3H3. The molecule has 0 aliphatic carbocycles. The van der Waals surface area contributed by atoms with Crippen molar-refractivity contribution in [2.24, 2.45) is 0 Å². The molecule has 0 amide bonds. The second-order valence-corrected chi connectivity index (χ2v) is 9.15. The van der Waals surface area contributed by atoms with Gasteiger partial charge in [-0.2, -0.15) is 4.68 Å². The Morgan fingerprint density at radius 1 is 0.882 bits per heavy atom. The topological polar surface area (TPSA) is 87.2 Å². The first-order valence-electron chi connectivity index (χ1n) is 10.6. The zero-order chi connectivity index (χ0) is 23.7. The number of tetrazole rings is 1. The molecule has 3 aromatic heterocycles. The molecule has 5 rings (SSSR count). The lowest BCUT2D eigenvalue weighted by molar-refractivity contribution is 0.768. The van der Waals surface area contributed by atoms with Crippen LogP contribution in [0.1, 0.15) is 22.5 Å². The van der Waals surface area contributed by atoms with Gasteiger partial charge in [0.1, 0.15) is 0 Å². The number of rotatable bonds is 6. The van der Waals surface area contributed by atoms with E-state index in [-0.39, 0.29) is 0 Å². The van der Waals surface area contributed by atoms with Gasteiger partial charge >= 0.3 is 0 Å². The molecule has 5 aromatic rings. The average Bonchev–Trinajstić information content (AvgIpc) is 3.47. The van der Waals surface area contributed by atoms with E-state index >= 15 is 0 Å². The minimum absolute atomic E-state index is 0.509. The van der Waals surface area contributed by atoms with E-state index in [9.17, 15) is 0 Å². The SMILES string of the molecule is Cc1cccc(C)c1-n1nnnc1CSc1nnc(-c2ccncc2)n1-c1cccc(Cl)c1C. The highest BCUT2D eigenvalue weighted by Crippen LogP contribution is 2.33. The molecule has 8 nitrogen and oxygen atoms in total. The first-order valence-corrected chi connectivity index (χ1v) is 12.0. The maximum atomic E-state index is 6.46. The van der Waals surface area contributed by atoms with E-state index in [1.165, 1.54) is 11.8 Å². The van der Waals surface area contributed by atoms with E-state index in [1.807, 2.05) is 47.9 Å². The van der Waals surface area contributed by atoms with E-state index in [4.69, 9.17) is 11.6 Å². The van der Waals surface area contributed by atoms with Crippen LogP contribution in [0.3, 0.4) is 0 Å². The Bertz CT molecular complexity index is 1440. The van der Waals surface area contributed by atoms with E-state index < -0.39 is 0 Å². The van der Waals surface area contributed by atoms with Crippen molar-refractivity contribution in [1.82, 2.24) is 40.0 Å². The van der Waals surface area contributed by atoms with Crippen molar-refractivity contribution in [2.45, 2.75) is 31.7 Å². The van der Waals surface area contributed by atoms with Gasteiger partial charge in [-0.05, 0) is 72.2 Å². The maximum Gasteiger partial charge on any atom is 0.196 e. The van der Waals surface area contributed by atoms with Gasteiger partial charge in [-0.25, -0.2) is 0 Å². The number of thioether (sulfide) groups is 1. The number of aryl methyl sites for hydroxylation is 2. The first-order chi connectivity index (χ1) is 16.5. The molecule has 0 saturated carbocycles. The summed E-state index contributed by atoms with van der Waals surface area (Å²) < 4.78 is 3.82. The highest BCUT2D eigenvalue weighted by Gasteiger charge is 2.20. The molecule has 0 saturated heterocycles. The van der Waals surface area contributed by atoms with E-state index in [2.05, 4.69) is 56.7 Å². The van der Waals surface area contributed by atoms with Crippen molar-refractivity contribution < 1.29 is 0 Å². The van der Waals surface area contributed by atoms with Gasteiger partial charge in [-0.15, -0.1) is 15.3 Å². The van der Waals surface area contributed by atoms with Crippen molar-refractivity contribution in [3.63, 3.8) is 0 Å². The molecular weight excluding hydrogens is 468 g/mol. The number of nitrogens with zero attached hydrogens (tertiary/aromatic N) is 8. The number of para-hydroxylation sites is 1. The summed E-state index contributed by atoms with van der Waals surface area (Å²) in [5, 5.41) is 22.9. The van der Waals surface area contributed by atoms with E-state index in [1.54, 1.807) is 17.1 Å². The molecular formula is C24H21ClN8S. The number of pyridine rings is 1. The van der Waals surface area contributed by atoms with Gasteiger partial charge in [-0.3, -0.25) is 9.55 Å². The fourth-order valence-electron chi connectivity index (χ4n) is 3.85. The predicted molar refractivity (Wildman–Crippen MR) is 133 cm³/mol. The second kappa shape index (κ2) is 9.36. The summed E-state index contributed by atoms with van der Waals surface area (Å²) in [4.78, 5) is 4.13. The molecule has 0 aliphatic heterocycles. The third kappa shape index (κ3) is 4.08. The molecule has 34 heavy (non-hydrogen) atoms. The highest BCUT2D eigenvalue weighted by atomic mass is 35.5. The summed E-state index contributed by atoms with van der Waals surface area (Å²) in [6, 6.07) is 15.8. The van der Waals surface area contributed by atoms with E-state index in [0.717, 1.165) is 39.5 Å². The Morgan fingerprint density at radius 2 is 1.62 bits per heavy atom. The Labute approximate surface area is 206 Å². The number of benzene rings is 2. The molecule has 10 heteroatoms. The van der Waals surface area contributed by atoms with Crippen molar-refractivity contribution in [1.29, 1.82) is 0 Å². The summed E-state index contributed by atoms with van der Waals surface area (Å²) >= 11 is 7.97. The van der Waals surface area contributed by atoms with Crippen LogP contribution in [0.2, 0.25) is 5.02 Å². The molecule has 2 aromatic carbocycles. The summed E-state index contributed by atoms with van der Waals surface area (Å²) in [6.45, 7) is 6.10. The molecule has 170 valence electrons. The van der Waals surface area contributed by atoms with Gasteiger partial charge in [0, 0.05) is 23.0 Å². The summed E-state index contributed by atoms with van der Waals surface area (Å²) in [5.74, 6) is 1.95. The van der Waals surface area contributed by atoms with Crippen molar-refractivity contribution in [3.05, 3.63) is 88.5 Å². The third-order valence-corrected chi connectivity index (χ3v) is 6.90. The number of hydrogen-bond acceptors (Lipinski definition) is 7. The molecule has 0 N–H and O–H groups in total. The van der Waals surface area contributed by atoms with Gasteiger partial charge in [-0.1, -0.05) is 47.6 Å². The lowest BCUT2D eigenvalue weighted by atomic mass is 10.1. The Balaban J connectivity index is 1.55. The van der Waals surface area contributed by atoms with E-state index in [0.29, 0.717) is 21.8 Å². The molecule has 0 bridgehead atoms. The zero-order valence-electron chi connectivity index (χ0n) is 18.8. The Morgan fingerprint density at radius 3 is 2.38 bits per heavy atom. The van der Waals surface area contributed by atoms with Crippen molar-refractivity contribution in [2.75, 3.05) is 0 Å². The minimum atomic E-state index is 0.509. The molecule has 3 heterocycles. The van der Waals surface area contributed by atoms with Gasteiger partial charge in [0.25, 0.3) is 0 Å². The molecule has 0 unspecified atom stereocenters. The fraction of sp³-hybridized carbons (Fsp3) is 0.167. The van der Waals surface area contributed by atoms with Gasteiger partial charge in [0.2, 0.25) is 0 Å². The average molecular weight is 489 g/mol. The van der Waals surface area contributed by atoms with Crippen molar-refractivity contribution in [3.8, 4) is 22.8 Å². The number of halogens is 1. The first kappa shape index (κ1) is 22.2. The summed E-state index contributed by atoms with van der Waals surface area (Å²) in [6.07, 6.45) is 3.48. The fourth-order valence-corrected chi connectivity index (χ4v) is 4.87. The molecule has 0 atom stereocenters. The predicted octanol–water partition coefficient (Wildman–Crippen LogP) is 5.18. The van der Waals surface area contributed by atoms with Crippen LogP contribution in [0.5, 0.6) is 0 Å². The monoisotopic (exact) mass is 488 g/mol.